The van der Waals surface area contributed by atoms with Gasteiger partial charge in [0, 0.05) is 0 Å². The van der Waals surface area contributed by atoms with Crippen LogP contribution in [-0.4, -0.2) is 24.0 Å². The highest BCUT2D eigenvalue weighted by atomic mass is 32.2. The van der Waals surface area contributed by atoms with Gasteiger partial charge in [-0.1, -0.05) is 24.3 Å². The van der Waals surface area contributed by atoms with Crippen molar-refractivity contribution in [3.05, 3.63) is 54.1 Å². The largest absolute Gasteiger partial charge is 0.478 e. The second-order valence-electron chi connectivity index (χ2n) is 3.89. The number of benzene rings is 2. The van der Waals surface area contributed by atoms with E-state index in [2.05, 4.69) is 0 Å². The third-order valence-electron chi connectivity index (χ3n) is 2.60. The topological polar surface area (TPSA) is 91.7 Å². The summed E-state index contributed by atoms with van der Waals surface area (Å²) >= 11 is 0. The Morgan fingerprint density at radius 2 is 1.58 bits per heavy atom. The fraction of sp³-hybridized carbons (Fsp3) is 0. The molecule has 0 fully saturated rings. The van der Waals surface area contributed by atoms with Crippen molar-refractivity contribution in [2.45, 2.75) is 4.90 Å². The molecule has 6 heteroatoms. The van der Waals surface area contributed by atoms with Crippen LogP contribution in [0.4, 0.5) is 0 Å². The van der Waals surface area contributed by atoms with Crippen molar-refractivity contribution in [3.63, 3.8) is 0 Å². The first kappa shape index (κ1) is 13.3. The molecule has 2 N–H and O–H groups in total. The van der Waals surface area contributed by atoms with Crippen LogP contribution in [0.15, 0.2) is 53.4 Å². The van der Waals surface area contributed by atoms with Gasteiger partial charge in [0.05, 0.1) is 10.5 Å². The number of carbonyl (C=O) groups is 1. The van der Waals surface area contributed by atoms with E-state index in [0.717, 1.165) is 0 Å². The first-order valence-corrected chi connectivity index (χ1v) is 6.73. The summed E-state index contributed by atoms with van der Waals surface area (Å²) in [5.41, 5.74) is 1.39. The van der Waals surface area contributed by atoms with E-state index in [1.807, 2.05) is 0 Å². The highest BCUT2D eigenvalue weighted by molar-refractivity contribution is 7.85. The maximum atomic E-state index is 11.0. The Balaban J connectivity index is 2.45. The predicted octanol–water partition coefficient (Wildman–Crippen LogP) is 2.30. The highest BCUT2D eigenvalue weighted by Crippen LogP contribution is 2.22. The molecule has 0 radical (unpaired) electrons. The van der Waals surface area contributed by atoms with Gasteiger partial charge in [-0.15, -0.1) is 0 Å². The second-order valence-corrected chi connectivity index (χ2v) is 5.31. The van der Waals surface area contributed by atoms with Crippen molar-refractivity contribution in [2.75, 3.05) is 0 Å². The van der Waals surface area contributed by atoms with Crippen LogP contribution in [0.5, 0.6) is 0 Å². The summed E-state index contributed by atoms with van der Waals surface area (Å²) in [7, 11) is -4.25. The molecule has 2 aromatic rings. The smallest absolute Gasteiger partial charge is 0.335 e. The maximum absolute atomic E-state index is 11.0. The molecular formula is C13H10O5S. The van der Waals surface area contributed by atoms with Crippen LogP contribution in [-0.2, 0) is 10.1 Å². The molecule has 0 aromatic heterocycles. The molecule has 0 atom stereocenters. The Morgan fingerprint density at radius 3 is 2.11 bits per heavy atom. The van der Waals surface area contributed by atoms with Crippen molar-refractivity contribution in [2.24, 2.45) is 0 Å². The molecule has 2 rings (SSSR count). The Labute approximate surface area is 109 Å². The summed E-state index contributed by atoms with van der Waals surface area (Å²) in [4.78, 5) is 10.5. The fourth-order valence-electron chi connectivity index (χ4n) is 1.64. The predicted molar refractivity (Wildman–Crippen MR) is 68.7 cm³/mol. The summed E-state index contributed by atoms with van der Waals surface area (Å²) in [5.74, 6) is -1.03. The average Bonchev–Trinajstić information content (AvgIpc) is 2.38. The number of aromatic carboxylic acids is 1. The fourth-order valence-corrected chi connectivity index (χ4v) is 2.17. The van der Waals surface area contributed by atoms with Gasteiger partial charge in [-0.25, -0.2) is 4.79 Å². The zero-order valence-electron chi connectivity index (χ0n) is 9.65. The summed E-state index contributed by atoms with van der Waals surface area (Å²) in [6.07, 6.45) is 0. The van der Waals surface area contributed by atoms with Crippen molar-refractivity contribution < 1.29 is 22.9 Å². The lowest BCUT2D eigenvalue weighted by atomic mass is 10.0. The molecule has 0 aliphatic heterocycles. The van der Waals surface area contributed by atoms with E-state index in [1.54, 1.807) is 18.2 Å². The SMILES string of the molecule is O=C(O)c1ccc(-c2cccc(S(=O)(=O)O)c2)cc1. The molecule has 0 amide bonds. The zero-order valence-corrected chi connectivity index (χ0v) is 10.5. The number of hydrogen-bond donors (Lipinski definition) is 2. The first-order valence-electron chi connectivity index (χ1n) is 5.29. The standard InChI is InChI=1S/C13H10O5S/c14-13(15)10-6-4-9(5-7-10)11-2-1-3-12(8-11)19(16,17)18/h1-8H,(H,14,15)(H,16,17,18). The minimum atomic E-state index is -4.25. The molecule has 0 saturated carbocycles. The van der Waals surface area contributed by atoms with Gasteiger partial charge in [0.15, 0.2) is 0 Å². The van der Waals surface area contributed by atoms with Crippen molar-refractivity contribution in [1.82, 2.24) is 0 Å². The van der Waals surface area contributed by atoms with E-state index in [1.165, 1.54) is 30.3 Å². The van der Waals surface area contributed by atoms with Crippen LogP contribution in [0, 0.1) is 0 Å². The molecular weight excluding hydrogens is 268 g/mol. The molecule has 0 unspecified atom stereocenters. The maximum Gasteiger partial charge on any atom is 0.335 e. The van der Waals surface area contributed by atoms with Crippen LogP contribution < -0.4 is 0 Å². The number of hydrogen-bond acceptors (Lipinski definition) is 3. The summed E-state index contributed by atoms with van der Waals surface area (Å²) in [6.45, 7) is 0. The normalized spacial score (nSPS) is 11.2. The van der Waals surface area contributed by atoms with Gasteiger partial charge in [-0.2, -0.15) is 8.42 Å². The molecule has 0 bridgehead atoms. The Bertz CT molecular complexity index is 717. The van der Waals surface area contributed by atoms with Gasteiger partial charge in [0.2, 0.25) is 0 Å². The third-order valence-corrected chi connectivity index (χ3v) is 3.45. The molecule has 98 valence electrons. The quantitative estimate of drug-likeness (QED) is 0.840. The van der Waals surface area contributed by atoms with Gasteiger partial charge in [0.1, 0.15) is 0 Å². The molecule has 0 spiro atoms. The number of carboxylic acids is 1. The van der Waals surface area contributed by atoms with E-state index in [-0.39, 0.29) is 10.5 Å². The Hall–Kier alpha value is -2.18. The lowest BCUT2D eigenvalue weighted by Gasteiger charge is -2.04. The van der Waals surface area contributed by atoms with Gasteiger partial charge >= 0.3 is 5.97 Å². The molecule has 0 aliphatic carbocycles. The third kappa shape index (κ3) is 2.98. The van der Waals surface area contributed by atoms with E-state index in [0.29, 0.717) is 11.1 Å². The van der Waals surface area contributed by atoms with E-state index in [4.69, 9.17) is 9.66 Å². The Kier molecular flexibility index (Phi) is 3.37. The molecule has 2 aromatic carbocycles. The zero-order chi connectivity index (χ0) is 14.0. The van der Waals surface area contributed by atoms with Crippen LogP contribution >= 0.6 is 0 Å². The van der Waals surface area contributed by atoms with Crippen LogP contribution in [0.3, 0.4) is 0 Å². The van der Waals surface area contributed by atoms with Crippen LogP contribution in [0.2, 0.25) is 0 Å². The molecule has 19 heavy (non-hydrogen) atoms. The second kappa shape index (κ2) is 4.83. The number of carboxylic acid groups (broad SMARTS) is 1. The highest BCUT2D eigenvalue weighted by Gasteiger charge is 2.10. The van der Waals surface area contributed by atoms with Gasteiger partial charge < -0.3 is 5.11 Å². The molecule has 0 heterocycles. The molecule has 5 nitrogen and oxygen atoms in total. The van der Waals surface area contributed by atoms with Gasteiger partial charge in [0.25, 0.3) is 10.1 Å². The monoisotopic (exact) mass is 278 g/mol. The minimum Gasteiger partial charge on any atom is -0.478 e. The average molecular weight is 278 g/mol. The lowest BCUT2D eigenvalue weighted by molar-refractivity contribution is 0.0697. The minimum absolute atomic E-state index is 0.148. The van der Waals surface area contributed by atoms with E-state index in [9.17, 15) is 13.2 Å². The van der Waals surface area contributed by atoms with Crippen LogP contribution in [0.1, 0.15) is 10.4 Å². The van der Waals surface area contributed by atoms with Gasteiger partial charge in [-0.3, -0.25) is 4.55 Å². The molecule has 0 aliphatic rings. The van der Waals surface area contributed by atoms with Crippen LogP contribution in [0.25, 0.3) is 11.1 Å². The first-order chi connectivity index (χ1) is 8.88. The summed E-state index contributed by atoms with van der Waals surface area (Å²) < 4.78 is 31.0. The van der Waals surface area contributed by atoms with Gasteiger partial charge in [-0.05, 0) is 35.4 Å². The van der Waals surface area contributed by atoms with Crippen molar-refractivity contribution in [1.29, 1.82) is 0 Å². The van der Waals surface area contributed by atoms with E-state index < -0.39 is 16.1 Å². The Morgan fingerprint density at radius 1 is 0.947 bits per heavy atom. The lowest BCUT2D eigenvalue weighted by Crippen LogP contribution is -1.98. The molecule has 0 saturated heterocycles. The van der Waals surface area contributed by atoms with E-state index >= 15 is 0 Å². The van der Waals surface area contributed by atoms with Crippen molar-refractivity contribution >= 4 is 16.1 Å². The van der Waals surface area contributed by atoms with Crippen molar-refractivity contribution in [3.8, 4) is 11.1 Å². The summed E-state index contributed by atoms with van der Waals surface area (Å²) in [6, 6.07) is 11.8. The number of rotatable bonds is 3. The summed E-state index contributed by atoms with van der Waals surface area (Å²) in [5, 5.41) is 8.78.